The molecule has 0 aromatic carbocycles. The van der Waals surface area contributed by atoms with E-state index in [-0.39, 0.29) is 26.4 Å². The topological polar surface area (TPSA) is 72.5 Å². The summed E-state index contributed by atoms with van der Waals surface area (Å²) in [5, 5.41) is 0. The average molecular weight is 432 g/mol. The molecule has 0 spiro atoms. The monoisotopic (exact) mass is 430 g/mol. The van der Waals surface area contributed by atoms with Crippen LogP contribution in [-0.2, 0) is 44.7 Å². The van der Waals surface area contributed by atoms with Crippen LogP contribution in [0.2, 0.25) is 0 Å². The average Bonchev–Trinajstić information content (AvgIpc) is 2.57. The van der Waals surface area contributed by atoms with E-state index >= 15 is 0 Å². The number of unbranched alkanes of at least 4 members (excludes halogenated alkanes) is 4. The molecular weight excluding hydrogens is 395 g/mol. The molecule has 0 aromatic heterocycles. The van der Waals surface area contributed by atoms with E-state index in [1.54, 1.807) is 0 Å². The Bertz CT molecular complexity index is 317. The molecule has 0 aliphatic carbocycles. The van der Waals surface area contributed by atoms with E-state index in [1.807, 2.05) is 27.7 Å². The zero-order valence-corrected chi connectivity index (χ0v) is 18.3. The van der Waals surface area contributed by atoms with Crippen LogP contribution in [0.3, 0.4) is 0 Å². The van der Waals surface area contributed by atoms with Crippen LogP contribution in [0.1, 0.15) is 79.1 Å². The van der Waals surface area contributed by atoms with Gasteiger partial charge in [-0.1, -0.05) is 0 Å². The van der Waals surface area contributed by atoms with Crippen molar-refractivity contribution < 1.29 is 44.7 Å². The Morgan fingerprint density at radius 2 is 0.917 bits per heavy atom. The van der Waals surface area contributed by atoms with Crippen molar-refractivity contribution in [1.82, 2.24) is 0 Å². The molecule has 146 valence electrons. The summed E-state index contributed by atoms with van der Waals surface area (Å²) in [4.78, 5) is 10.2. The SMILES string of the molecule is CCCCO[O][Zr](=[O])([O]CCCC)([O]CCCC)[O]OCCCC. The summed E-state index contributed by atoms with van der Waals surface area (Å²) in [6.07, 6.45) is 6.57. The Labute approximate surface area is 150 Å². The second-order valence-corrected chi connectivity index (χ2v) is 12.1. The van der Waals surface area contributed by atoms with Crippen molar-refractivity contribution in [1.29, 1.82) is 0 Å². The van der Waals surface area contributed by atoms with E-state index in [0.29, 0.717) is 12.8 Å². The zero-order valence-electron chi connectivity index (χ0n) is 15.8. The van der Waals surface area contributed by atoms with Gasteiger partial charge in [0.15, 0.2) is 0 Å². The summed E-state index contributed by atoms with van der Waals surface area (Å²) in [5.41, 5.74) is 0. The molecule has 0 fully saturated rings. The first-order valence-electron chi connectivity index (χ1n) is 9.34. The van der Waals surface area contributed by atoms with E-state index in [2.05, 4.69) is 0 Å². The standard InChI is InChI=1S/2C4H10O2.2C4H9O.O.Zr/c2*1-2-3-4-6-5;2*1-2-3-4-5;;/h2*5H,2-4H2,1H3;2*2-4H2,1H3;;/q;;2*-1;;+4/p-2. The van der Waals surface area contributed by atoms with Gasteiger partial charge in [-0.15, -0.1) is 0 Å². The molecule has 0 heterocycles. The van der Waals surface area contributed by atoms with E-state index in [4.69, 9.17) is 21.3 Å². The molecule has 0 unspecified atom stereocenters. The van der Waals surface area contributed by atoms with Crippen molar-refractivity contribution in [2.24, 2.45) is 0 Å². The first-order valence-corrected chi connectivity index (χ1v) is 14.4. The van der Waals surface area contributed by atoms with Crippen LogP contribution in [0.5, 0.6) is 0 Å². The van der Waals surface area contributed by atoms with Gasteiger partial charge < -0.3 is 0 Å². The molecule has 24 heavy (non-hydrogen) atoms. The summed E-state index contributed by atoms with van der Waals surface area (Å²) in [6, 6.07) is 0. The van der Waals surface area contributed by atoms with Gasteiger partial charge in [0.2, 0.25) is 0 Å². The van der Waals surface area contributed by atoms with Gasteiger partial charge in [0.25, 0.3) is 0 Å². The molecule has 7 nitrogen and oxygen atoms in total. The number of hydrogen-bond donors (Lipinski definition) is 0. The molecule has 0 N–H and O–H groups in total. The molecule has 0 radical (unpaired) electrons. The van der Waals surface area contributed by atoms with Gasteiger partial charge in [-0.2, -0.15) is 0 Å². The van der Waals surface area contributed by atoms with Crippen molar-refractivity contribution in [3.8, 4) is 0 Å². The normalized spacial score (nSPS) is 12.7. The first-order chi connectivity index (χ1) is 11.5. The summed E-state index contributed by atoms with van der Waals surface area (Å²) in [6.45, 7) is 9.03. The van der Waals surface area contributed by atoms with Gasteiger partial charge in [-0.3, -0.25) is 0 Å². The fraction of sp³-hybridized carbons (Fsp3) is 1.00. The fourth-order valence-electron chi connectivity index (χ4n) is 1.60. The van der Waals surface area contributed by atoms with Crippen LogP contribution in [0, 0.1) is 0 Å². The van der Waals surface area contributed by atoms with Crippen LogP contribution >= 0.6 is 0 Å². The van der Waals surface area contributed by atoms with E-state index in [1.165, 1.54) is 0 Å². The van der Waals surface area contributed by atoms with Gasteiger partial charge >= 0.3 is 150 Å². The molecule has 0 bridgehead atoms. The molecule has 0 atom stereocenters. The third kappa shape index (κ3) is 11.1. The third-order valence-electron chi connectivity index (χ3n) is 3.22. The van der Waals surface area contributed by atoms with Crippen LogP contribution < -0.4 is 0 Å². The van der Waals surface area contributed by atoms with Crippen molar-refractivity contribution in [2.75, 3.05) is 26.4 Å². The summed E-state index contributed by atoms with van der Waals surface area (Å²) < 4.78 is 34.7. The van der Waals surface area contributed by atoms with Crippen LogP contribution in [0.4, 0.5) is 0 Å². The predicted octanol–water partition coefficient (Wildman–Crippen LogP) is 4.81. The summed E-state index contributed by atoms with van der Waals surface area (Å²) in [5.74, 6) is 0. The van der Waals surface area contributed by atoms with E-state index < -0.39 is 20.5 Å². The molecule has 0 aromatic rings. The molecular formula is C16H36O7Zr. The number of rotatable bonds is 18. The van der Waals surface area contributed by atoms with Gasteiger partial charge in [0.05, 0.1) is 0 Å². The molecule has 0 saturated carbocycles. The fourth-order valence-corrected chi connectivity index (χ4v) is 6.05. The third-order valence-corrected chi connectivity index (χ3v) is 8.46. The van der Waals surface area contributed by atoms with Gasteiger partial charge in [0.1, 0.15) is 0 Å². The Kier molecular flexibility index (Phi) is 14.9. The van der Waals surface area contributed by atoms with Crippen molar-refractivity contribution in [3.63, 3.8) is 0 Å². The molecule has 0 rings (SSSR count). The maximum atomic E-state index is 13.4. The van der Waals surface area contributed by atoms with Crippen molar-refractivity contribution in [2.45, 2.75) is 79.1 Å². The second-order valence-electron chi connectivity index (χ2n) is 5.76. The van der Waals surface area contributed by atoms with Gasteiger partial charge in [0, 0.05) is 0 Å². The minimum atomic E-state index is -6.18. The molecule has 0 aliphatic heterocycles. The van der Waals surface area contributed by atoms with E-state index in [9.17, 15) is 2.81 Å². The molecule has 0 amide bonds. The molecule has 8 heteroatoms. The van der Waals surface area contributed by atoms with E-state index in [0.717, 1.165) is 38.5 Å². The Balaban J connectivity index is 4.94. The Morgan fingerprint density at radius 1 is 0.583 bits per heavy atom. The second kappa shape index (κ2) is 14.6. The van der Waals surface area contributed by atoms with Gasteiger partial charge in [-0.05, 0) is 0 Å². The van der Waals surface area contributed by atoms with Crippen LogP contribution in [0.25, 0.3) is 0 Å². The molecule has 0 saturated heterocycles. The summed E-state index contributed by atoms with van der Waals surface area (Å²) in [7, 11) is 0. The Morgan fingerprint density at radius 3 is 1.25 bits per heavy atom. The van der Waals surface area contributed by atoms with Crippen molar-refractivity contribution >= 4 is 0 Å². The van der Waals surface area contributed by atoms with Gasteiger partial charge in [-0.25, -0.2) is 0 Å². The Hall–Kier alpha value is 0.443. The minimum absolute atomic E-state index is 0.200. The summed E-state index contributed by atoms with van der Waals surface area (Å²) >= 11 is -6.18. The maximum absolute atomic E-state index is 13.4. The van der Waals surface area contributed by atoms with Crippen LogP contribution in [-0.4, -0.2) is 26.4 Å². The van der Waals surface area contributed by atoms with Crippen LogP contribution in [0.15, 0.2) is 0 Å². The number of hydrogen-bond acceptors (Lipinski definition) is 7. The zero-order chi connectivity index (χ0) is 18.2. The van der Waals surface area contributed by atoms with Crippen molar-refractivity contribution in [3.05, 3.63) is 0 Å². The quantitative estimate of drug-likeness (QED) is 0.175. The molecule has 0 aliphatic rings. The predicted molar refractivity (Wildman–Crippen MR) is 86.3 cm³/mol. The first kappa shape index (κ1) is 24.4.